The van der Waals surface area contributed by atoms with Crippen LogP contribution in [0.3, 0.4) is 0 Å². The average Bonchev–Trinajstić information content (AvgIpc) is 2.77. The van der Waals surface area contributed by atoms with E-state index in [2.05, 4.69) is 15.9 Å². The Bertz CT molecular complexity index is 1220. The Kier molecular flexibility index (Phi) is 6.93. The number of sulfone groups is 1. The van der Waals surface area contributed by atoms with Gasteiger partial charge < -0.3 is 9.47 Å². The fourth-order valence-electron chi connectivity index (χ4n) is 2.72. The van der Waals surface area contributed by atoms with Crippen molar-refractivity contribution in [2.24, 2.45) is 0 Å². The SMILES string of the molecule is COc1cccc(COc2ccc(Br)cc2C=C(C#N)S(=O)(=O)c2ccccc2)c1. The van der Waals surface area contributed by atoms with Crippen LogP contribution in [0.25, 0.3) is 6.08 Å². The number of nitriles is 1. The molecule has 0 unspecified atom stereocenters. The van der Waals surface area contributed by atoms with Gasteiger partial charge in [-0.05, 0) is 54.1 Å². The standard InChI is InChI=1S/C23H18BrNO4S/c1-28-20-7-5-6-17(12-20)16-29-23-11-10-19(24)13-18(23)14-22(15-25)30(26,27)21-8-3-2-4-9-21/h2-14H,16H2,1H3. The van der Waals surface area contributed by atoms with Crippen molar-refractivity contribution >= 4 is 31.8 Å². The number of ether oxygens (including phenoxy) is 2. The van der Waals surface area contributed by atoms with Gasteiger partial charge in [-0.25, -0.2) is 8.42 Å². The van der Waals surface area contributed by atoms with E-state index in [1.54, 1.807) is 43.5 Å². The van der Waals surface area contributed by atoms with Gasteiger partial charge in [0.15, 0.2) is 0 Å². The molecule has 0 N–H and O–H groups in total. The summed E-state index contributed by atoms with van der Waals surface area (Å²) in [6.07, 6.45) is 1.33. The van der Waals surface area contributed by atoms with Gasteiger partial charge in [0.05, 0.1) is 12.0 Å². The summed E-state index contributed by atoms with van der Waals surface area (Å²) in [5, 5.41) is 9.55. The molecule has 0 aliphatic rings. The molecule has 0 aromatic heterocycles. The molecular weight excluding hydrogens is 466 g/mol. The predicted molar refractivity (Wildman–Crippen MR) is 119 cm³/mol. The Morgan fingerprint density at radius 2 is 1.83 bits per heavy atom. The highest BCUT2D eigenvalue weighted by molar-refractivity contribution is 9.10. The van der Waals surface area contributed by atoms with E-state index in [1.807, 2.05) is 30.3 Å². The van der Waals surface area contributed by atoms with Gasteiger partial charge in [0.1, 0.15) is 29.1 Å². The van der Waals surface area contributed by atoms with Crippen LogP contribution in [0.5, 0.6) is 11.5 Å². The van der Waals surface area contributed by atoms with Gasteiger partial charge in [0.25, 0.3) is 0 Å². The molecule has 3 aromatic rings. The zero-order valence-electron chi connectivity index (χ0n) is 16.1. The number of allylic oxidation sites excluding steroid dienone is 1. The second-order valence-corrected chi connectivity index (χ2v) is 9.09. The Morgan fingerprint density at radius 3 is 2.53 bits per heavy atom. The highest BCUT2D eigenvalue weighted by Gasteiger charge is 2.21. The van der Waals surface area contributed by atoms with Crippen molar-refractivity contribution in [3.63, 3.8) is 0 Å². The summed E-state index contributed by atoms with van der Waals surface area (Å²) in [6.45, 7) is 0.257. The Morgan fingerprint density at radius 1 is 1.07 bits per heavy atom. The molecule has 0 amide bonds. The van der Waals surface area contributed by atoms with Crippen LogP contribution in [0.2, 0.25) is 0 Å². The number of hydrogen-bond donors (Lipinski definition) is 0. The van der Waals surface area contributed by atoms with Crippen LogP contribution in [0.15, 0.2) is 87.1 Å². The molecule has 0 aliphatic heterocycles. The summed E-state index contributed by atoms with van der Waals surface area (Å²) in [5.74, 6) is 1.17. The zero-order valence-corrected chi connectivity index (χ0v) is 18.5. The molecule has 7 heteroatoms. The predicted octanol–water partition coefficient (Wildman–Crippen LogP) is 5.38. The first-order valence-electron chi connectivity index (χ1n) is 8.91. The van der Waals surface area contributed by atoms with Gasteiger partial charge in [-0.15, -0.1) is 0 Å². The van der Waals surface area contributed by atoms with Crippen LogP contribution in [-0.4, -0.2) is 15.5 Å². The lowest BCUT2D eigenvalue weighted by atomic mass is 10.2. The first-order valence-corrected chi connectivity index (χ1v) is 11.2. The molecule has 5 nitrogen and oxygen atoms in total. The third-order valence-electron chi connectivity index (χ3n) is 4.24. The number of halogens is 1. The maximum Gasteiger partial charge on any atom is 0.216 e. The third-order valence-corrected chi connectivity index (χ3v) is 6.41. The van der Waals surface area contributed by atoms with Crippen LogP contribution in [0, 0.1) is 11.3 Å². The average molecular weight is 484 g/mol. The largest absolute Gasteiger partial charge is 0.497 e. The molecule has 30 heavy (non-hydrogen) atoms. The highest BCUT2D eigenvalue weighted by Crippen LogP contribution is 2.29. The minimum absolute atomic E-state index is 0.0617. The first-order chi connectivity index (χ1) is 14.4. The molecule has 152 valence electrons. The van der Waals surface area contributed by atoms with E-state index in [-0.39, 0.29) is 16.4 Å². The topological polar surface area (TPSA) is 76.4 Å². The van der Waals surface area contributed by atoms with Gasteiger partial charge in [-0.1, -0.05) is 46.3 Å². The fourth-order valence-corrected chi connectivity index (χ4v) is 4.28. The van der Waals surface area contributed by atoms with Crippen molar-refractivity contribution in [1.82, 2.24) is 0 Å². The molecule has 0 heterocycles. The summed E-state index contributed by atoms with van der Waals surface area (Å²) in [7, 11) is -2.35. The van der Waals surface area contributed by atoms with Gasteiger partial charge in [-0.3, -0.25) is 0 Å². The minimum Gasteiger partial charge on any atom is -0.497 e. The van der Waals surface area contributed by atoms with Gasteiger partial charge >= 0.3 is 0 Å². The smallest absolute Gasteiger partial charge is 0.216 e. The second-order valence-electron chi connectivity index (χ2n) is 6.26. The lowest BCUT2D eigenvalue weighted by molar-refractivity contribution is 0.304. The van der Waals surface area contributed by atoms with Crippen molar-refractivity contribution in [3.8, 4) is 17.6 Å². The summed E-state index contributed by atoms with van der Waals surface area (Å²) in [5.41, 5.74) is 1.37. The summed E-state index contributed by atoms with van der Waals surface area (Å²) in [6, 6.07) is 22.3. The molecule has 3 rings (SSSR count). The van der Waals surface area contributed by atoms with Crippen LogP contribution in [0.1, 0.15) is 11.1 Å². The van der Waals surface area contributed by atoms with Crippen molar-refractivity contribution in [2.75, 3.05) is 7.11 Å². The summed E-state index contributed by atoms with van der Waals surface area (Å²) >= 11 is 3.38. The maximum absolute atomic E-state index is 12.9. The number of rotatable bonds is 7. The Balaban J connectivity index is 1.95. The molecule has 0 saturated heterocycles. The van der Waals surface area contributed by atoms with Crippen molar-refractivity contribution in [1.29, 1.82) is 5.26 Å². The summed E-state index contributed by atoms with van der Waals surface area (Å²) < 4.78 is 37.6. The second kappa shape index (κ2) is 9.61. The van der Waals surface area contributed by atoms with Gasteiger partial charge in [0.2, 0.25) is 9.84 Å². The van der Waals surface area contributed by atoms with Crippen molar-refractivity contribution in [3.05, 3.63) is 93.3 Å². The molecule has 0 bridgehead atoms. The Hall–Kier alpha value is -3.08. The monoisotopic (exact) mass is 483 g/mol. The highest BCUT2D eigenvalue weighted by atomic mass is 79.9. The summed E-state index contributed by atoms with van der Waals surface area (Å²) in [4.78, 5) is -0.301. The van der Waals surface area contributed by atoms with Crippen LogP contribution in [-0.2, 0) is 16.4 Å². The minimum atomic E-state index is -3.94. The van der Waals surface area contributed by atoms with Crippen molar-refractivity contribution in [2.45, 2.75) is 11.5 Å². The first kappa shape index (κ1) is 21.6. The van der Waals surface area contributed by atoms with E-state index >= 15 is 0 Å². The molecule has 0 saturated carbocycles. The van der Waals surface area contributed by atoms with Crippen LogP contribution in [0.4, 0.5) is 0 Å². The number of hydrogen-bond acceptors (Lipinski definition) is 5. The lowest BCUT2D eigenvalue weighted by Crippen LogP contribution is -2.04. The number of benzene rings is 3. The molecule has 3 aromatic carbocycles. The molecule has 0 spiro atoms. The zero-order chi connectivity index (χ0) is 21.6. The van der Waals surface area contributed by atoms with Gasteiger partial charge in [-0.2, -0.15) is 5.26 Å². The quantitative estimate of drug-likeness (QED) is 0.421. The normalized spacial score (nSPS) is 11.6. The lowest BCUT2D eigenvalue weighted by Gasteiger charge is -2.11. The molecule has 0 fully saturated rings. The Labute approximate surface area is 184 Å². The molecule has 0 radical (unpaired) electrons. The van der Waals surface area contributed by atoms with E-state index in [9.17, 15) is 13.7 Å². The van der Waals surface area contributed by atoms with E-state index in [4.69, 9.17) is 9.47 Å². The number of methoxy groups -OCH3 is 1. The molecule has 0 atom stereocenters. The maximum atomic E-state index is 12.9. The van der Waals surface area contributed by atoms with E-state index in [1.165, 1.54) is 18.2 Å². The van der Waals surface area contributed by atoms with Crippen LogP contribution >= 0.6 is 15.9 Å². The van der Waals surface area contributed by atoms with Crippen LogP contribution < -0.4 is 9.47 Å². The molecular formula is C23H18BrNO4S. The fraction of sp³-hybridized carbons (Fsp3) is 0.0870. The van der Waals surface area contributed by atoms with E-state index in [0.29, 0.717) is 17.1 Å². The van der Waals surface area contributed by atoms with Gasteiger partial charge in [0, 0.05) is 10.0 Å². The number of nitrogens with zero attached hydrogens (tertiary/aromatic N) is 1. The van der Waals surface area contributed by atoms with Crippen molar-refractivity contribution < 1.29 is 17.9 Å². The molecule has 0 aliphatic carbocycles. The third kappa shape index (κ3) is 5.09. The van der Waals surface area contributed by atoms with E-state index < -0.39 is 9.84 Å². The van der Waals surface area contributed by atoms with E-state index in [0.717, 1.165) is 10.0 Å².